The minimum absolute atomic E-state index is 0.00216. The van der Waals surface area contributed by atoms with Gasteiger partial charge in [0.1, 0.15) is 72.2 Å². The fraction of sp³-hybridized carbons (Fsp3) is 0.439. The number of hydrogen-bond donors (Lipinski definition) is 8. The van der Waals surface area contributed by atoms with Crippen LogP contribution in [0.5, 0.6) is 11.5 Å². The number of quaternary nitrogens is 1. The van der Waals surface area contributed by atoms with Crippen molar-refractivity contribution in [2.24, 2.45) is 16.8 Å². The van der Waals surface area contributed by atoms with Gasteiger partial charge in [0.05, 0.1) is 12.0 Å². The number of carbonyl (C=O) groups excluding carboxylic acids is 1. The highest BCUT2D eigenvalue weighted by molar-refractivity contribution is 5.90. The highest BCUT2D eigenvalue weighted by atomic mass is 17.2. The number of phenols is 1. The molecular formula is C41H46N3O12+. The predicted octanol–water partition coefficient (Wildman–Crippen LogP) is 0.331. The van der Waals surface area contributed by atoms with E-state index in [1.807, 2.05) is 18.4 Å². The van der Waals surface area contributed by atoms with Gasteiger partial charge in [-0.15, -0.1) is 0 Å². The van der Waals surface area contributed by atoms with Crippen LogP contribution in [-0.4, -0.2) is 105 Å². The Morgan fingerprint density at radius 3 is 2.68 bits per heavy atom. The van der Waals surface area contributed by atoms with Crippen molar-refractivity contribution in [2.45, 2.75) is 74.6 Å². The molecule has 0 bridgehead atoms. The van der Waals surface area contributed by atoms with E-state index in [1.165, 1.54) is 30.3 Å². The standard InChI is InChI=1S/C41H45N3O12/c1-22-11-31(47)29-12-26-13-33(56-53-21-40(52,39(51)36(50)32(48)20-45)15-23-4-6-28(46)7-5-23)41(9-2-3-24(16-41)27-14-34(49)43-17-27)55-37(26)35(38(29)54-22)44-18-25-8-10-42-30(25)19-44/h2-8,10-12,19,24,27,32-33,36,39,45-46,48,50-52H,9,13-18,20-21H2,1H3,(H,43,49)/p+1/t24-,27+,32-,33-,36-,39+,40+,41-/m1/s1. The van der Waals surface area contributed by atoms with E-state index in [1.54, 1.807) is 19.2 Å². The third-order valence-electron chi connectivity index (χ3n) is 11.7. The molecule has 1 aliphatic carbocycles. The molecule has 0 saturated carbocycles. The van der Waals surface area contributed by atoms with E-state index in [9.17, 15) is 40.2 Å². The van der Waals surface area contributed by atoms with E-state index in [4.69, 9.17) is 18.9 Å². The van der Waals surface area contributed by atoms with E-state index < -0.39 is 48.8 Å². The van der Waals surface area contributed by atoms with Crippen molar-refractivity contribution in [2.75, 3.05) is 26.3 Å². The first-order chi connectivity index (χ1) is 26.9. The molecule has 9 atom stereocenters. The van der Waals surface area contributed by atoms with Gasteiger partial charge in [-0.3, -0.25) is 19.5 Å². The Morgan fingerprint density at radius 2 is 1.95 bits per heavy atom. The van der Waals surface area contributed by atoms with Crippen molar-refractivity contribution in [3.05, 3.63) is 99.2 Å². The van der Waals surface area contributed by atoms with Crippen molar-refractivity contribution in [3.63, 3.8) is 0 Å². The van der Waals surface area contributed by atoms with Gasteiger partial charge in [-0.25, -0.2) is 9.78 Å². The number of nitrogens with zero attached hydrogens (tertiary/aromatic N) is 1. The van der Waals surface area contributed by atoms with E-state index >= 15 is 0 Å². The molecule has 296 valence electrons. The first-order valence-corrected chi connectivity index (χ1v) is 18.8. The molecule has 3 aromatic rings. The van der Waals surface area contributed by atoms with Crippen LogP contribution in [0, 0.1) is 18.8 Å². The second-order valence-corrected chi connectivity index (χ2v) is 15.7. The number of aliphatic hydroxyl groups is 5. The zero-order valence-electron chi connectivity index (χ0n) is 30.8. The summed E-state index contributed by atoms with van der Waals surface area (Å²) in [6.07, 6.45) is 4.28. The number of ether oxygens (including phenoxy) is 1. The molecule has 1 fully saturated rings. The number of allylic oxidation sites excluding steroid dienone is 2. The first kappa shape index (κ1) is 38.2. The Bertz CT molecular complexity index is 2200. The molecule has 8 N–H and O–H groups in total. The van der Waals surface area contributed by atoms with Gasteiger partial charge in [-0.1, -0.05) is 24.3 Å². The number of nitrogens with one attached hydrogen (secondary N) is 2. The fourth-order valence-corrected chi connectivity index (χ4v) is 8.67. The number of aliphatic hydroxyl groups excluding tert-OH is 4. The number of aromatic hydroxyl groups is 1. The van der Waals surface area contributed by atoms with Crippen molar-refractivity contribution in [3.8, 4) is 11.5 Å². The summed E-state index contributed by atoms with van der Waals surface area (Å²) >= 11 is 0. The van der Waals surface area contributed by atoms with Crippen molar-refractivity contribution in [1.29, 1.82) is 0 Å². The lowest BCUT2D eigenvalue weighted by Gasteiger charge is -2.47. The first-order valence-electron chi connectivity index (χ1n) is 18.8. The van der Waals surface area contributed by atoms with Gasteiger partial charge in [0.25, 0.3) is 0 Å². The molecule has 1 saturated heterocycles. The summed E-state index contributed by atoms with van der Waals surface area (Å²) in [5.41, 5.74) is 0.489. The second kappa shape index (κ2) is 15.0. The summed E-state index contributed by atoms with van der Waals surface area (Å²) in [4.78, 5) is 43.3. The van der Waals surface area contributed by atoms with E-state index in [0.29, 0.717) is 71.6 Å². The van der Waals surface area contributed by atoms with Crippen molar-refractivity contribution < 1.29 is 59.3 Å². The van der Waals surface area contributed by atoms with Crippen LogP contribution in [0.1, 0.15) is 36.1 Å². The third kappa shape index (κ3) is 7.09. The van der Waals surface area contributed by atoms with E-state index in [2.05, 4.69) is 16.4 Å². The molecule has 1 aromatic heterocycles. The largest absolute Gasteiger partial charge is 0.508 e. The number of phenolic OH excluding ortho intramolecular Hbond substituents is 1. The fourth-order valence-electron chi connectivity index (χ4n) is 8.67. The Hall–Kier alpha value is -4.71. The molecule has 15 nitrogen and oxygen atoms in total. The van der Waals surface area contributed by atoms with Crippen LogP contribution in [0.3, 0.4) is 0 Å². The molecule has 15 heteroatoms. The van der Waals surface area contributed by atoms with Gasteiger partial charge >= 0.3 is 0 Å². The summed E-state index contributed by atoms with van der Waals surface area (Å²) in [6, 6.07) is 9.03. The van der Waals surface area contributed by atoms with Gasteiger partial charge in [0.2, 0.25) is 17.2 Å². The Kier molecular flexibility index (Phi) is 10.2. The summed E-state index contributed by atoms with van der Waals surface area (Å²) < 4.78 is 13.5. The molecular weight excluding hydrogens is 726 g/mol. The summed E-state index contributed by atoms with van der Waals surface area (Å²) in [6.45, 7) is 1.21. The van der Waals surface area contributed by atoms with Gasteiger partial charge in [-0.05, 0) is 55.0 Å². The van der Waals surface area contributed by atoms with Crippen LogP contribution in [0.15, 0.2) is 86.3 Å². The normalized spacial score (nSPS) is 27.9. The number of carbonyl (C=O) groups is 1. The molecule has 8 rings (SSSR count). The molecule has 1 spiro atoms. The number of benzene rings is 2. The van der Waals surface area contributed by atoms with Crippen LogP contribution in [0.4, 0.5) is 5.69 Å². The van der Waals surface area contributed by atoms with Crippen molar-refractivity contribution >= 4 is 28.8 Å². The maximum atomic E-state index is 13.5. The average Bonchev–Trinajstić information content (AvgIpc) is 3.92. The minimum atomic E-state index is -2.26. The smallest absolute Gasteiger partial charge is 0.222 e. The Balaban J connectivity index is 1.17. The maximum Gasteiger partial charge on any atom is 0.222 e. The number of fused-ring (bicyclic) bond motifs is 3. The van der Waals surface area contributed by atoms with Crippen LogP contribution >= 0.6 is 0 Å². The number of aryl methyl sites for hydroxylation is 1. The van der Waals surface area contributed by atoms with Gasteiger partial charge in [-0.2, -0.15) is 0 Å². The topological polar surface area (TPSA) is 225 Å². The second-order valence-electron chi connectivity index (χ2n) is 15.7. The molecule has 5 aliphatic rings. The Morgan fingerprint density at radius 1 is 1.14 bits per heavy atom. The number of rotatable bonds is 12. The quantitative estimate of drug-likeness (QED) is 0.0709. The lowest BCUT2D eigenvalue weighted by atomic mass is 9.71. The van der Waals surface area contributed by atoms with E-state index in [-0.39, 0.29) is 41.8 Å². The average molecular weight is 773 g/mol. The van der Waals surface area contributed by atoms with Gasteiger partial charge in [0.15, 0.2) is 11.2 Å². The highest BCUT2D eigenvalue weighted by Gasteiger charge is 2.53. The van der Waals surface area contributed by atoms with Crippen LogP contribution < -0.4 is 20.4 Å². The molecule has 2 aromatic carbocycles. The third-order valence-corrected chi connectivity index (χ3v) is 11.7. The Labute approximate surface area is 321 Å². The highest BCUT2D eigenvalue weighted by Crippen LogP contribution is 2.49. The van der Waals surface area contributed by atoms with Crippen LogP contribution in [-0.2, 0) is 27.4 Å². The molecule has 1 amide bonds. The lowest BCUT2D eigenvalue weighted by Crippen LogP contribution is -3.01. The minimum Gasteiger partial charge on any atom is -0.508 e. The van der Waals surface area contributed by atoms with Gasteiger partial charge < -0.3 is 45.1 Å². The van der Waals surface area contributed by atoms with Crippen LogP contribution in [0.2, 0.25) is 0 Å². The zero-order valence-corrected chi connectivity index (χ0v) is 30.8. The monoisotopic (exact) mass is 772 g/mol. The summed E-state index contributed by atoms with van der Waals surface area (Å²) in [7, 11) is 0. The zero-order chi connectivity index (χ0) is 39.4. The van der Waals surface area contributed by atoms with Crippen LogP contribution in [0.25, 0.3) is 11.0 Å². The SMILES string of the molecule is Cc1cc(=O)c2cc3c(c([NH+]4C=C5N=CC=C5C4)c2o1)O[C@@]1(CC=C[C@@H]([C@@H]2CNC(=O)C2)C1)[C@H](OOC[C@@](O)(Cc1ccc(O)cc1)[C@@H](O)[C@H](O)[C@H](O)CO)C3. The molecule has 56 heavy (non-hydrogen) atoms. The molecule has 1 unspecified atom stereocenters. The lowest BCUT2D eigenvalue weighted by molar-refractivity contribution is -0.763. The number of aliphatic imine (C=N–C) groups is 1. The number of amides is 1. The molecule has 5 heterocycles. The summed E-state index contributed by atoms with van der Waals surface area (Å²) in [5.74, 6) is 0.864. The maximum absolute atomic E-state index is 13.5. The summed E-state index contributed by atoms with van der Waals surface area (Å²) in [5, 5.41) is 66.5. The van der Waals surface area contributed by atoms with Gasteiger partial charge in [0, 0.05) is 55.6 Å². The number of hydrogen-bond acceptors (Lipinski definition) is 13. The van der Waals surface area contributed by atoms with Crippen molar-refractivity contribution in [1.82, 2.24) is 5.32 Å². The molecule has 4 aliphatic heterocycles. The van der Waals surface area contributed by atoms with E-state index in [0.717, 1.165) is 16.2 Å². The predicted molar refractivity (Wildman–Crippen MR) is 200 cm³/mol. The molecule has 0 radical (unpaired) electrons.